The number of aromatic nitrogens is 4. The van der Waals surface area contributed by atoms with E-state index in [0.29, 0.717) is 32.0 Å². The van der Waals surface area contributed by atoms with E-state index in [-0.39, 0.29) is 22.8 Å². The summed E-state index contributed by atoms with van der Waals surface area (Å²) < 4.78 is 5.14. The van der Waals surface area contributed by atoms with Crippen LogP contribution in [0.15, 0.2) is 35.2 Å². The van der Waals surface area contributed by atoms with E-state index in [1.807, 2.05) is 45.9 Å². The van der Waals surface area contributed by atoms with Gasteiger partial charge in [-0.3, -0.25) is 4.79 Å². The predicted octanol–water partition coefficient (Wildman–Crippen LogP) is 4.28. The first-order chi connectivity index (χ1) is 18.3. The fraction of sp³-hybridized carbons (Fsp3) is 0.500. The third kappa shape index (κ3) is 6.18. The molecule has 3 aromatic rings. The molecule has 0 bridgehead atoms. The van der Waals surface area contributed by atoms with E-state index in [0.717, 1.165) is 28.1 Å². The van der Waals surface area contributed by atoms with E-state index in [9.17, 15) is 14.7 Å². The summed E-state index contributed by atoms with van der Waals surface area (Å²) >= 11 is 0. The van der Waals surface area contributed by atoms with Crippen LogP contribution in [0.5, 0.6) is 0 Å². The van der Waals surface area contributed by atoms with Crippen LogP contribution in [0.3, 0.4) is 0 Å². The maximum Gasteiger partial charge on any atom is 0.407 e. The molecular weight excluding hydrogens is 498 g/mol. The summed E-state index contributed by atoms with van der Waals surface area (Å²) in [5.74, 6) is -0.00289. The highest BCUT2D eigenvalue weighted by Gasteiger charge is 2.38. The average molecular weight is 536 g/mol. The van der Waals surface area contributed by atoms with Crippen molar-refractivity contribution in [3.05, 3.63) is 53.6 Å². The normalized spacial score (nSPS) is 16.3. The van der Waals surface area contributed by atoms with Gasteiger partial charge in [-0.2, -0.15) is 4.98 Å². The molecule has 11 heteroatoms. The monoisotopic (exact) mass is 535 g/mol. The quantitative estimate of drug-likeness (QED) is 0.490. The van der Waals surface area contributed by atoms with Crippen molar-refractivity contribution in [2.24, 2.45) is 5.41 Å². The Labute approximate surface area is 228 Å². The summed E-state index contributed by atoms with van der Waals surface area (Å²) in [6, 6.07) is 5.79. The van der Waals surface area contributed by atoms with Crippen LogP contribution in [0, 0.1) is 12.3 Å². The summed E-state index contributed by atoms with van der Waals surface area (Å²) in [6.45, 7) is 15.8. The molecule has 0 saturated carbocycles. The van der Waals surface area contributed by atoms with Crippen molar-refractivity contribution in [2.75, 3.05) is 24.5 Å². The lowest BCUT2D eigenvalue weighted by Gasteiger charge is -2.46. The van der Waals surface area contributed by atoms with Gasteiger partial charge in [0.05, 0.1) is 23.6 Å². The number of piperazine rings is 1. The average Bonchev–Trinajstić information content (AvgIpc) is 3.38. The van der Waals surface area contributed by atoms with Crippen molar-refractivity contribution >= 4 is 17.7 Å². The van der Waals surface area contributed by atoms with Crippen LogP contribution in [0.25, 0.3) is 11.3 Å². The molecule has 1 atom stereocenters. The molecule has 2 N–H and O–H groups in total. The minimum atomic E-state index is -0.897. The number of hydrogen-bond acceptors (Lipinski definition) is 8. The fourth-order valence-corrected chi connectivity index (χ4v) is 4.66. The largest absolute Gasteiger partial charge is 0.465 e. The van der Waals surface area contributed by atoms with Gasteiger partial charge in [-0.15, -0.1) is 0 Å². The van der Waals surface area contributed by atoms with E-state index in [1.54, 1.807) is 6.20 Å². The second kappa shape index (κ2) is 10.6. The summed E-state index contributed by atoms with van der Waals surface area (Å²) in [6.07, 6.45) is 2.41. The number of aryl methyl sites for hydroxylation is 1. The number of rotatable bonds is 5. The lowest BCUT2D eigenvalue weighted by molar-refractivity contribution is 0.0748. The minimum absolute atomic E-state index is 0.0589. The maximum absolute atomic E-state index is 12.6. The first-order valence-electron chi connectivity index (χ1n) is 13.0. The fourth-order valence-electron chi connectivity index (χ4n) is 4.66. The number of anilines is 1. The van der Waals surface area contributed by atoms with Gasteiger partial charge in [0.1, 0.15) is 6.33 Å². The lowest BCUT2D eigenvalue weighted by Crippen LogP contribution is -2.59. The zero-order chi connectivity index (χ0) is 28.5. The number of carbonyl (C=O) groups is 2. The topological polar surface area (TPSA) is 138 Å². The molecule has 39 heavy (non-hydrogen) atoms. The van der Waals surface area contributed by atoms with Gasteiger partial charge in [0.15, 0.2) is 5.82 Å². The molecule has 1 aliphatic heterocycles. The molecule has 4 rings (SSSR count). The Morgan fingerprint density at radius 2 is 1.90 bits per heavy atom. The first kappa shape index (κ1) is 28.0. The van der Waals surface area contributed by atoms with Crippen LogP contribution < -0.4 is 10.2 Å². The minimum Gasteiger partial charge on any atom is -0.465 e. The number of hydrogen-bond donors (Lipinski definition) is 2. The SMILES string of the molecule is Cc1cc(-c2ncncc2N2CCN(C(=O)O)C(C(C)(C)C)C2)ccc1CNC(=O)c1nc(C(C)(C)C)no1. The predicted molar refractivity (Wildman–Crippen MR) is 147 cm³/mol. The smallest absolute Gasteiger partial charge is 0.407 e. The third-order valence-corrected chi connectivity index (χ3v) is 7.01. The molecule has 0 spiro atoms. The van der Waals surface area contributed by atoms with Gasteiger partial charge in [0.2, 0.25) is 0 Å². The van der Waals surface area contributed by atoms with Gasteiger partial charge in [0, 0.05) is 37.2 Å². The van der Waals surface area contributed by atoms with Crippen LogP contribution in [-0.2, 0) is 12.0 Å². The highest BCUT2D eigenvalue weighted by molar-refractivity contribution is 5.89. The number of benzene rings is 1. The van der Waals surface area contributed by atoms with Crippen molar-refractivity contribution in [3.63, 3.8) is 0 Å². The summed E-state index contributed by atoms with van der Waals surface area (Å²) in [5.41, 5.74) is 3.95. The van der Waals surface area contributed by atoms with Crippen molar-refractivity contribution in [3.8, 4) is 11.3 Å². The van der Waals surface area contributed by atoms with Gasteiger partial charge in [-0.1, -0.05) is 58.8 Å². The maximum atomic E-state index is 12.6. The molecule has 1 saturated heterocycles. The van der Waals surface area contributed by atoms with E-state index in [1.165, 1.54) is 11.2 Å². The van der Waals surface area contributed by atoms with E-state index in [2.05, 4.69) is 51.1 Å². The summed E-state index contributed by atoms with van der Waals surface area (Å²) in [4.78, 5) is 41.2. The molecule has 3 heterocycles. The number of nitrogens with zero attached hydrogens (tertiary/aromatic N) is 6. The molecule has 1 aliphatic rings. The molecule has 1 aromatic carbocycles. The highest BCUT2D eigenvalue weighted by atomic mass is 16.5. The molecule has 208 valence electrons. The first-order valence-corrected chi connectivity index (χ1v) is 13.0. The second-order valence-corrected chi connectivity index (χ2v) is 12.1. The van der Waals surface area contributed by atoms with Crippen LogP contribution in [0.2, 0.25) is 0 Å². The molecule has 1 unspecified atom stereocenters. The third-order valence-electron chi connectivity index (χ3n) is 7.01. The molecule has 0 aliphatic carbocycles. The van der Waals surface area contributed by atoms with Gasteiger partial charge in [0.25, 0.3) is 0 Å². The number of carboxylic acid groups (broad SMARTS) is 1. The van der Waals surface area contributed by atoms with Gasteiger partial charge >= 0.3 is 17.9 Å². The molecular formula is C28H37N7O4. The van der Waals surface area contributed by atoms with Crippen molar-refractivity contribution < 1.29 is 19.2 Å². The molecule has 0 radical (unpaired) electrons. The Morgan fingerprint density at radius 3 is 2.51 bits per heavy atom. The Balaban J connectivity index is 1.51. The second-order valence-electron chi connectivity index (χ2n) is 12.1. The van der Waals surface area contributed by atoms with Crippen LogP contribution in [0.4, 0.5) is 10.5 Å². The van der Waals surface area contributed by atoms with Crippen molar-refractivity contribution in [2.45, 2.75) is 66.5 Å². The lowest BCUT2D eigenvalue weighted by atomic mass is 9.84. The van der Waals surface area contributed by atoms with E-state index >= 15 is 0 Å². The Bertz CT molecular complexity index is 1360. The van der Waals surface area contributed by atoms with Gasteiger partial charge in [-0.25, -0.2) is 14.8 Å². The Morgan fingerprint density at radius 1 is 1.15 bits per heavy atom. The molecule has 11 nitrogen and oxygen atoms in total. The van der Waals surface area contributed by atoms with Gasteiger partial charge in [-0.05, 0) is 29.5 Å². The number of amides is 2. The zero-order valence-electron chi connectivity index (χ0n) is 23.6. The number of nitrogens with one attached hydrogen (secondary N) is 1. The van der Waals surface area contributed by atoms with Gasteiger partial charge < -0.3 is 24.7 Å². The van der Waals surface area contributed by atoms with Crippen molar-refractivity contribution in [1.29, 1.82) is 0 Å². The summed E-state index contributed by atoms with van der Waals surface area (Å²) in [7, 11) is 0. The van der Waals surface area contributed by atoms with E-state index in [4.69, 9.17) is 4.52 Å². The Hall–Kier alpha value is -4.02. The van der Waals surface area contributed by atoms with Crippen LogP contribution >= 0.6 is 0 Å². The van der Waals surface area contributed by atoms with E-state index < -0.39 is 12.0 Å². The highest BCUT2D eigenvalue weighted by Crippen LogP contribution is 2.34. The van der Waals surface area contributed by atoms with Crippen molar-refractivity contribution in [1.82, 2.24) is 30.3 Å². The van der Waals surface area contributed by atoms with Crippen LogP contribution in [-0.4, -0.2) is 67.8 Å². The standard InChI is InChI=1S/C28H37N7O4/c1-17-12-18(8-9-19(17)13-30-23(36)24-32-25(33-39-24)28(5,6)7)22-20(14-29-16-31-22)34-10-11-35(26(37)38)21(15-34)27(2,3)4/h8-9,12,14,16,21H,10-11,13,15H2,1-7H3,(H,30,36)(H,37,38). The summed E-state index contributed by atoms with van der Waals surface area (Å²) in [5, 5.41) is 16.5. The molecule has 1 fully saturated rings. The zero-order valence-corrected chi connectivity index (χ0v) is 23.6. The number of carbonyl (C=O) groups excluding carboxylic acids is 1. The molecule has 2 amide bonds. The molecule has 2 aromatic heterocycles. The Kier molecular flexibility index (Phi) is 7.63. The van der Waals surface area contributed by atoms with Crippen LogP contribution in [0.1, 0.15) is 69.2 Å².